The smallest absolute Gasteiger partial charge is 0.272 e. The second-order valence-electron chi connectivity index (χ2n) is 6.09. The second kappa shape index (κ2) is 8.01. The molecule has 1 amide bonds. The van der Waals surface area contributed by atoms with Gasteiger partial charge in [-0.1, -0.05) is 30.2 Å². The first-order valence-corrected chi connectivity index (χ1v) is 8.30. The summed E-state index contributed by atoms with van der Waals surface area (Å²) >= 11 is 5.92. The first-order valence-electron chi connectivity index (χ1n) is 7.92. The number of halogens is 2. The minimum atomic E-state index is -0.0208. The Morgan fingerprint density at radius 3 is 2.75 bits per heavy atom. The Kier molecular flexibility index (Phi) is 6.27. The number of hydrogen-bond acceptors (Lipinski definition) is 3. The summed E-state index contributed by atoms with van der Waals surface area (Å²) in [6.45, 7) is 3.27. The molecule has 1 unspecified atom stereocenters. The zero-order chi connectivity index (χ0) is 16.4. The maximum absolute atomic E-state index is 12.8. The van der Waals surface area contributed by atoms with Crippen LogP contribution < -0.4 is 5.73 Å². The molecular weight excluding hydrogens is 347 g/mol. The van der Waals surface area contributed by atoms with Crippen LogP contribution in [0.2, 0.25) is 5.02 Å². The molecule has 0 saturated carbocycles. The Hall–Kier alpha value is -1.56. The van der Waals surface area contributed by atoms with Crippen LogP contribution in [0.25, 0.3) is 11.3 Å². The van der Waals surface area contributed by atoms with Crippen LogP contribution in [0.15, 0.2) is 24.3 Å². The molecule has 1 aliphatic heterocycles. The minimum Gasteiger partial charge on any atom is -0.336 e. The van der Waals surface area contributed by atoms with E-state index in [0.29, 0.717) is 17.3 Å². The van der Waals surface area contributed by atoms with Gasteiger partial charge in [0.25, 0.3) is 5.91 Å². The van der Waals surface area contributed by atoms with Gasteiger partial charge in [-0.25, -0.2) is 0 Å². The van der Waals surface area contributed by atoms with Crippen LogP contribution in [-0.2, 0) is 0 Å². The van der Waals surface area contributed by atoms with Crippen molar-refractivity contribution in [1.29, 1.82) is 0 Å². The molecule has 0 bridgehead atoms. The van der Waals surface area contributed by atoms with Gasteiger partial charge in [0.1, 0.15) is 5.69 Å². The first-order chi connectivity index (χ1) is 11.1. The van der Waals surface area contributed by atoms with Gasteiger partial charge < -0.3 is 10.6 Å². The second-order valence-corrected chi connectivity index (χ2v) is 6.52. The minimum absolute atomic E-state index is 0. The number of nitrogens with one attached hydrogen (secondary N) is 1. The van der Waals surface area contributed by atoms with Gasteiger partial charge in [0.15, 0.2) is 0 Å². The quantitative estimate of drug-likeness (QED) is 0.852. The van der Waals surface area contributed by atoms with Crippen LogP contribution in [0, 0.1) is 6.92 Å². The summed E-state index contributed by atoms with van der Waals surface area (Å²) in [5.41, 5.74) is 9.18. The Balaban J connectivity index is 0.00000208. The van der Waals surface area contributed by atoms with E-state index < -0.39 is 0 Å². The van der Waals surface area contributed by atoms with E-state index in [9.17, 15) is 4.79 Å². The average Bonchev–Trinajstić information content (AvgIpc) is 2.77. The van der Waals surface area contributed by atoms with Crippen molar-refractivity contribution in [2.75, 3.05) is 13.1 Å². The predicted octanol–water partition coefficient (Wildman–Crippen LogP) is 3.41. The average molecular weight is 369 g/mol. The fourth-order valence-electron chi connectivity index (χ4n) is 3.01. The highest BCUT2D eigenvalue weighted by atomic mass is 35.5. The van der Waals surface area contributed by atoms with E-state index in [2.05, 4.69) is 10.2 Å². The maximum atomic E-state index is 12.8. The number of rotatable bonds is 2. The lowest BCUT2D eigenvalue weighted by molar-refractivity contribution is 0.0748. The lowest BCUT2D eigenvalue weighted by atomic mass is 10.1. The molecule has 5 nitrogen and oxygen atoms in total. The van der Waals surface area contributed by atoms with E-state index in [4.69, 9.17) is 17.3 Å². The molecule has 24 heavy (non-hydrogen) atoms. The third kappa shape index (κ3) is 3.91. The molecule has 1 aromatic carbocycles. The van der Waals surface area contributed by atoms with Gasteiger partial charge in [-0.3, -0.25) is 9.89 Å². The molecule has 130 valence electrons. The third-order valence-electron chi connectivity index (χ3n) is 4.34. The van der Waals surface area contributed by atoms with Crippen LogP contribution in [0.5, 0.6) is 0 Å². The van der Waals surface area contributed by atoms with Crippen molar-refractivity contribution in [3.8, 4) is 11.3 Å². The van der Waals surface area contributed by atoms with E-state index in [1.54, 1.807) is 0 Å². The van der Waals surface area contributed by atoms with Gasteiger partial charge in [-0.2, -0.15) is 5.10 Å². The number of aromatic amines is 1. The summed E-state index contributed by atoms with van der Waals surface area (Å²) in [6.07, 6.45) is 3.04. The van der Waals surface area contributed by atoms with E-state index in [-0.39, 0.29) is 24.4 Å². The summed E-state index contributed by atoms with van der Waals surface area (Å²) in [4.78, 5) is 14.6. The van der Waals surface area contributed by atoms with Gasteiger partial charge >= 0.3 is 0 Å². The topological polar surface area (TPSA) is 75.0 Å². The monoisotopic (exact) mass is 368 g/mol. The number of nitrogens with two attached hydrogens (primary N) is 1. The molecule has 7 heteroatoms. The number of carbonyl (C=O) groups excluding carboxylic acids is 1. The molecule has 1 aliphatic rings. The fraction of sp³-hybridized carbons (Fsp3) is 0.412. The highest BCUT2D eigenvalue weighted by Crippen LogP contribution is 2.25. The normalized spacial score (nSPS) is 18.0. The van der Waals surface area contributed by atoms with Crippen molar-refractivity contribution < 1.29 is 4.79 Å². The van der Waals surface area contributed by atoms with Crippen LogP contribution in [0.1, 0.15) is 35.3 Å². The van der Waals surface area contributed by atoms with E-state index >= 15 is 0 Å². The Morgan fingerprint density at radius 2 is 2.04 bits per heavy atom. The van der Waals surface area contributed by atoms with Crippen LogP contribution in [-0.4, -0.2) is 40.1 Å². The zero-order valence-corrected chi connectivity index (χ0v) is 15.2. The number of carbonyl (C=O) groups is 1. The van der Waals surface area contributed by atoms with Crippen molar-refractivity contribution >= 4 is 29.9 Å². The van der Waals surface area contributed by atoms with Crippen molar-refractivity contribution in [1.82, 2.24) is 15.1 Å². The van der Waals surface area contributed by atoms with Gasteiger partial charge in [0, 0.05) is 35.3 Å². The number of H-pyrrole nitrogens is 1. The highest BCUT2D eigenvalue weighted by molar-refractivity contribution is 6.30. The van der Waals surface area contributed by atoms with E-state index in [1.165, 1.54) is 0 Å². The number of nitrogens with zero attached hydrogens (tertiary/aromatic N) is 2. The number of benzene rings is 1. The van der Waals surface area contributed by atoms with Crippen LogP contribution in [0.3, 0.4) is 0 Å². The SMILES string of the molecule is Cc1c(-c2ccc(Cl)cc2)n[nH]c1C(=O)N1CCCCC(N)C1.Cl. The summed E-state index contributed by atoms with van der Waals surface area (Å²) in [7, 11) is 0. The summed E-state index contributed by atoms with van der Waals surface area (Å²) in [6, 6.07) is 7.50. The molecule has 1 fully saturated rings. The standard InChI is InChI=1S/C17H21ClN4O.ClH/c1-11-15(12-5-7-13(18)8-6-12)20-21-16(11)17(23)22-9-3-2-4-14(19)10-22;/h5-8,14H,2-4,9-10,19H2,1H3,(H,20,21);1H. The summed E-state index contributed by atoms with van der Waals surface area (Å²) in [5, 5.41) is 7.91. The lowest BCUT2D eigenvalue weighted by Crippen LogP contribution is -2.40. The van der Waals surface area contributed by atoms with Gasteiger partial charge in [-0.15, -0.1) is 12.4 Å². The highest BCUT2D eigenvalue weighted by Gasteiger charge is 2.25. The largest absolute Gasteiger partial charge is 0.336 e. The van der Waals surface area contributed by atoms with Gasteiger partial charge in [0.05, 0.1) is 5.69 Å². The van der Waals surface area contributed by atoms with E-state index in [0.717, 1.165) is 42.6 Å². The molecule has 1 aromatic heterocycles. The van der Waals surface area contributed by atoms with Crippen LogP contribution in [0.4, 0.5) is 0 Å². The predicted molar refractivity (Wildman–Crippen MR) is 98.7 cm³/mol. The number of amides is 1. The number of likely N-dealkylation sites (tertiary alicyclic amines) is 1. The molecule has 3 rings (SSSR count). The zero-order valence-electron chi connectivity index (χ0n) is 13.6. The molecule has 0 aliphatic carbocycles. The first kappa shape index (κ1) is 18.8. The maximum Gasteiger partial charge on any atom is 0.272 e. The molecule has 1 atom stereocenters. The summed E-state index contributed by atoms with van der Waals surface area (Å²) < 4.78 is 0. The van der Waals surface area contributed by atoms with E-state index in [1.807, 2.05) is 36.1 Å². The summed E-state index contributed by atoms with van der Waals surface area (Å²) in [5.74, 6) is -0.0208. The molecule has 0 spiro atoms. The number of hydrogen-bond donors (Lipinski definition) is 2. The Morgan fingerprint density at radius 1 is 1.33 bits per heavy atom. The van der Waals surface area contributed by atoms with Crippen molar-refractivity contribution in [2.24, 2.45) is 5.73 Å². The molecule has 0 radical (unpaired) electrons. The van der Waals surface area contributed by atoms with Gasteiger partial charge in [0.2, 0.25) is 0 Å². The lowest BCUT2D eigenvalue weighted by Gasteiger charge is -2.22. The molecule has 2 aromatic rings. The van der Waals surface area contributed by atoms with Gasteiger partial charge in [-0.05, 0) is 31.9 Å². The number of aromatic nitrogens is 2. The van der Waals surface area contributed by atoms with Crippen molar-refractivity contribution in [2.45, 2.75) is 32.2 Å². The third-order valence-corrected chi connectivity index (χ3v) is 4.59. The Labute approximate surface area is 153 Å². The molecule has 3 N–H and O–H groups in total. The Bertz CT molecular complexity index is 699. The van der Waals surface area contributed by atoms with Crippen molar-refractivity contribution in [3.63, 3.8) is 0 Å². The molecular formula is C17H22Cl2N4O. The van der Waals surface area contributed by atoms with Crippen molar-refractivity contribution in [3.05, 3.63) is 40.5 Å². The van der Waals surface area contributed by atoms with Crippen LogP contribution >= 0.6 is 24.0 Å². The molecule has 2 heterocycles. The molecule has 1 saturated heterocycles. The fourth-order valence-corrected chi connectivity index (χ4v) is 3.14.